The van der Waals surface area contributed by atoms with E-state index in [0.717, 1.165) is 33.1 Å². The van der Waals surface area contributed by atoms with E-state index in [9.17, 15) is 14.0 Å². The number of Topliss-reactive ketones (excluding diaryl/α,β-unsaturated/α-hetero) is 1. The van der Waals surface area contributed by atoms with E-state index in [1.54, 1.807) is 0 Å². The maximum absolute atomic E-state index is 13.7. The lowest BCUT2D eigenvalue weighted by Gasteiger charge is -2.06. The lowest BCUT2D eigenvalue weighted by Crippen LogP contribution is -2.14. The fraction of sp³-hybridized carbons (Fsp3) is 0.250. The highest BCUT2D eigenvalue weighted by Gasteiger charge is 2.20. The van der Waals surface area contributed by atoms with Crippen molar-refractivity contribution in [3.8, 4) is 5.75 Å². The SMILES string of the molecule is COc1ccc(C(=O)COC(=O)c2sc3nc(C)cc(C)c3c2C)cc1F. The Labute approximate surface area is 159 Å². The Balaban J connectivity index is 1.77. The Bertz CT molecular complexity index is 1060. The highest BCUT2D eigenvalue weighted by molar-refractivity contribution is 7.20. The summed E-state index contributed by atoms with van der Waals surface area (Å²) < 4.78 is 23.7. The number of thiophene rings is 1. The average Bonchev–Trinajstić information content (AvgIpc) is 2.95. The van der Waals surface area contributed by atoms with E-state index in [4.69, 9.17) is 9.47 Å². The van der Waals surface area contributed by atoms with E-state index in [0.29, 0.717) is 4.88 Å². The van der Waals surface area contributed by atoms with Crippen LogP contribution in [0, 0.1) is 26.6 Å². The van der Waals surface area contributed by atoms with Gasteiger partial charge in [-0.3, -0.25) is 4.79 Å². The van der Waals surface area contributed by atoms with Gasteiger partial charge in [-0.2, -0.15) is 0 Å². The molecule has 3 rings (SSSR count). The zero-order chi connectivity index (χ0) is 19.7. The molecule has 2 aromatic heterocycles. The molecular formula is C20H18FNO4S. The van der Waals surface area contributed by atoms with Crippen LogP contribution < -0.4 is 4.74 Å². The predicted molar refractivity (Wildman–Crippen MR) is 101 cm³/mol. The number of aryl methyl sites for hydroxylation is 3. The number of fused-ring (bicyclic) bond motifs is 1. The Morgan fingerprint density at radius 1 is 1.19 bits per heavy atom. The van der Waals surface area contributed by atoms with Crippen LogP contribution in [-0.4, -0.2) is 30.5 Å². The van der Waals surface area contributed by atoms with Crippen molar-refractivity contribution in [3.05, 3.63) is 57.3 Å². The Kier molecular flexibility index (Phi) is 5.23. The molecule has 0 fully saturated rings. The van der Waals surface area contributed by atoms with Gasteiger partial charge in [-0.15, -0.1) is 11.3 Å². The van der Waals surface area contributed by atoms with Crippen molar-refractivity contribution in [3.63, 3.8) is 0 Å². The smallest absolute Gasteiger partial charge is 0.349 e. The van der Waals surface area contributed by atoms with Gasteiger partial charge in [-0.05, 0) is 56.2 Å². The summed E-state index contributed by atoms with van der Waals surface area (Å²) in [6, 6.07) is 5.81. The van der Waals surface area contributed by atoms with Crippen LogP contribution in [0.25, 0.3) is 10.2 Å². The fourth-order valence-corrected chi connectivity index (χ4v) is 4.13. The lowest BCUT2D eigenvalue weighted by atomic mass is 10.1. The number of pyridine rings is 1. The number of methoxy groups -OCH3 is 1. The predicted octanol–water partition coefficient (Wildman–Crippen LogP) is 4.41. The van der Waals surface area contributed by atoms with Gasteiger partial charge in [-0.1, -0.05) is 0 Å². The van der Waals surface area contributed by atoms with Gasteiger partial charge in [0.15, 0.2) is 24.0 Å². The largest absolute Gasteiger partial charge is 0.494 e. The molecule has 0 aliphatic carbocycles. The molecule has 5 nitrogen and oxygen atoms in total. The Hall–Kier alpha value is -2.80. The highest BCUT2D eigenvalue weighted by Crippen LogP contribution is 2.32. The molecule has 0 saturated heterocycles. The molecule has 0 atom stereocenters. The summed E-state index contributed by atoms with van der Waals surface area (Å²) in [4.78, 5) is 30.3. The van der Waals surface area contributed by atoms with Gasteiger partial charge < -0.3 is 9.47 Å². The number of esters is 1. The summed E-state index contributed by atoms with van der Waals surface area (Å²) in [5, 5.41) is 0.932. The van der Waals surface area contributed by atoms with Crippen LogP contribution in [-0.2, 0) is 4.74 Å². The van der Waals surface area contributed by atoms with Gasteiger partial charge in [-0.25, -0.2) is 14.2 Å². The first-order chi connectivity index (χ1) is 12.8. The molecule has 7 heteroatoms. The molecule has 0 aliphatic heterocycles. The number of hydrogen-bond acceptors (Lipinski definition) is 6. The third-order valence-corrected chi connectivity index (χ3v) is 5.39. The summed E-state index contributed by atoms with van der Waals surface area (Å²) in [6.07, 6.45) is 0. The first kappa shape index (κ1) is 19.0. The zero-order valence-corrected chi connectivity index (χ0v) is 16.2. The van der Waals surface area contributed by atoms with E-state index in [2.05, 4.69) is 4.98 Å². The number of benzene rings is 1. The van der Waals surface area contributed by atoms with E-state index < -0.39 is 24.2 Å². The van der Waals surface area contributed by atoms with Crippen LogP contribution >= 0.6 is 11.3 Å². The molecule has 0 N–H and O–H groups in total. The highest BCUT2D eigenvalue weighted by atomic mass is 32.1. The number of nitrogens with zero attached hydrogens (tertiary/aromatic N) is 1. The zero-order valence-electron chi connectivity index (χ0n) is 15.4. The van der Waals surface area contributed by atoms with Crippen molar-refractivity contribution in [2.75, 3.05) is 13.7 Å². The lowest BCUT2D eigenvalue weighted by molar-refractivity contribution is 0.0479. The van der Waals surface area contributed by atoms with Crippen molar-refractivity contribution < 1.29 is 23.5 Å². The van der Waals surface area contributed by atoms with Gasteiger partial charge >= 0.3 is 5.97 Å². The van der Waals surface area contributed by atoms with Crippen LogP contribution in [0.2, 0.25) is 0 Å². The third kappa shape index (κ3) is 3.68. The van der Waals surface area contributed by atoms with E-state index >= 15 is 0 Å². The van der Waals surface area contributed by atoms with Gasteiger partial charge in [0, 0.05) is 16.6 Å². The molecule has 0 bridgehead atoms. The first-order valence-electron chi connectivity index (χ1n) is 8.23. The number of ketones is 1. The molecule has 0 radical (unpaired) electrons. The van der Waals surface area contributed by atoms with Crippen LogP contribution in [0.1, 0.15) is 36.9 Å². The second-order valence-corrected chi connectivity index (χ2v) is 7.16. The summed E-state index contributed by atoms with van der Waals surface area (Å²) in [5.74, 6) is -1.68. The molecule has 140 valence electrons. The maximum atomic E-state index is 13.7. The van der Waals surface area contributed by atoms with Gasteiger partial charge in [0.05, 0.1) is 7.11 Å². The molecular weight excluding hydrogens is 369 g/mol. The van der Waals surface area contributed by atoms with Crippen molar-refractivity contribution in [1.29, 1.82) is 0 Å². The quantitative estimate of drug-likeness (QED) is 0.479. The normalized spacial score (nSPS) is 10.9. The van der Waals surface area contributed by atoms with Gasteiger partial charge in [0.2, 0.25) is 0 Å². The molecule has 1 aromatic carbocycles. The molecule has 3 aromatic rings. The number of aromatic nitrogens is 1. The molecule has 0 unspecified atom stereocenters. The average molecular weight is 387 g/mol. The number of halogens is 1. The molecule has 0 spiro atoms. The number of rotatable bonds is 5. The van der Waals surface area contributed by atoms with Gasteiger partial charge in [0.1, 0.15) is 9.71 Å². The van der Waals surface area contributed by atoms with E-state index in [1.165, 1.54) is 30.6 Å². The summed E-state index contributed by atoms with van der Waals surface area (Å²) in [6.45, 7) is 5.23. The standard InChI is InChI=1S/C20H18FNO4S/c1-10-7-11(2)22-19-17(10)12(3)18(27-19)20(24)26-9-15(23)13-5-6-16(25-4)14(21)8-13/h5-8H,9H2,1-4H3. The van der Waals surface area contributed by atoms with Crippen molar-refractivity contribution in [1.82, 2.24) is 4.98 Å². The molecule has 27 heavy (non-hydrogen) atoms. The molecule has 2 heterocycles. The third-order valence-electron chi connectivity index (χ3n) is 4.22. The minimum atomic E-state index is -0.646. The van der Waals surface area contributed by atoms with Crippen LogP contribution in [0.4, 0.5) is 4.39 Å². The Morgan fingerprint density at radius 3 is 2.59 bits per heavy atom. The fourth-order valence-electron chi connectivity index (χ4n) is 2.93. The van der Waals surface area contributed by atoms with Crippen LogP contribution in [0.15, 0.2) is 24.3 Å². The minimum Gasteiger partial charge on any atom is -0.494 e. The van der Waals surface area contributed by atoms with Gasteiger partial charge in [0.25, 0.3) is 0 Å². The topological polar surface area (TPSA) is 65.5 Å². The summed E-state index contributed by atoms with van der Waals surface area (Å²) in [5.41, 5.74) is 2.81. The molecule has 0 aliphatic rings. The molecule has 0 amide bonds. The second kappa shape index (κ2) is 7.44. The number of carbonyl (C=O) groups excluding carboxylic acids is 2. The van der Waals surface area contributed by atoms with Crippen LogP contribution in [0.3, 0.4) is 0 Å². The number of ether oxygens (including phenoxy) is 2. The second-order valence-electron chi connectivity index (χ2n) is 6.17. The number of carbonyl (C=O) groups is 2. The van der Waals surface area contributed by atoms with Crippen LogP contribution in [0.5, 0.6) is 5.75 Å². The minimum absolute atomic E-state index is 0.0441. The Morgan fingerprint density at radius 2 is 1.93 bits per heavy atom. The van der Waals surface area contributed by atoms with Crippen molar-refractivity contribution >= 4 is 33.3 Å². The van der Waals surface area contributed by atoms with Crippen molar-refractivity contribution in [2.24, 2.45) is 0 Å². The summed E-state index contributed by atoms with van der Waals surface area (Å²) in [7, 11) is 1.34. The summed E-state index contributed by atoms with van der Waals surface area (Å²) >= 11 is 1.24. The van der Waals surface area contributed by atoms with E-state index in [1.807, 2.05) is 26.8 Å². The number of hydrogen-bond donors (Lipinski definition) is 0. The first-order valence-corrected chi connectivity index (χ1v) is 9.04. The maximum Gasteiger partial charge on any atom is 0.349 e. The monoisotopic (exact) mass is 387 g/mol. The molecule has 0 saturated carbocycles. The van der Waals surface area contributed by atoms with E-state index in [-0.39, 0.29) is 11.3 Å². The van der Waals surface area contributed by atoms with Crippen molar-refractivity contribution in [2.45, 2.75) is 20.8 Å².